The van der Waals surface area contributed by atoms with Gasteiger partial charge in [-0.05, 0) is 72.2 Å². The Kier molecular flexibility index (Phi) is 9.54. The van der Waals surface area contributed by atoms with Crippen molar-refractivity contribution in [3.8, 4) is 17.2 Å². The van der Waals surface area contributed by atoms with Crippen LogP contribution >= 0.6 is 38.9 Å². The molecule has 8 nitrogen and oxygen atoms in total. The molecule has 0 bridgehead atoms. The van der Waals surface area contributed by atoms with Crippen molar-refractivity contribution in [1.82, 2.24) is 4.57 Å². The molecule has 1 atom stereocenters. The Morgan fingerprint density at radius 2 is 1.77 bits per heavy atom. The lowest BCUT2D eigenvalue weighted by Crippen LogP contribution is -2.40. The van der Waals surface area contributed by atoms with E-state index in [4.69, 9.17) is 35.5 Å². The van der Waals surface area contributed by atoms with Crippen molar-refractivity contribution in [3.05, 3.63) is 130 Å². The molecule has 0 saturated heterocycles. The van der Waals surface area contributed by atoms with E-state index in [0.29, 0.717) is 59.5 Å². The van der Waals surface area contributed by atoms with Gasteiger partial charge in [0.1, 0.15) is 12.4 Å². The van der Waals surface area contributed by atoms with Crippen LogP contribution < -0.4 is 29.1 Å². The van der Waals surface area contributed by atoms with Crippen LogP contribution in [-0.2, 0) is 16.1 Å². The molecule has 5 aromatic rings. The number of halogens is 2. The number of carbonyl (C=O) groups is 1. The summed E-state index contributed by atoms with van der Waals surface area (Å²) in [6, 6.07) is 22.2. The number of carbonyl (C=O) groups excluding carboxylic acids is 1. The molecule has 240 valence electrons. The molecule has 1 aliphatic rings. The first-order valence-electron chi connectivity index (χ1n) is 14.7. The Morgan fingerprint density at radius 1 is 1.02 bits per heavy atom. The molecule has 1 aliphatic heterocycles. The number of esters is 1. The standard InChI is InChI=1S/C36H30BrClN2O6S/c1-5-45-35(42)32-20(2)39-36-40(33(32)26-17-29(43-3)30(44-4)18-27(26)37)34(41)31(47-36)16-23-15-24(38)13-14-28(23)46-19-22-11-8-10-21-9-6-7-12-25(21)22/h6-18,33H,5,19H2,1-4H3/b31-16-/t33-/m1/s1. The van der Waals surface area contributed by atoms with Gasteiger partial charge < -0.3 is 18.9 Å². The van der Waals surface area contributed by atoms with Crippen LogP contribution in [0.1, 0.15) is 36.6 Å². The topological polar surface area (TPSA) is 88.4 Å². The van der Waals surface area contributed by atoms with Gasteiger partial charge in [0.15, 0.2) is 16.3 Å². The molecule has 47 heavy (non-hydrogen) atoms. The number of rotatable bonds is 9. The zero-order chi connectivity index (χ0) is 33.2. The number of fused-ring (bicyclic) bond motifs is 2. The first-order chi connectivity index (χ1) is 22.7. The number of benzene rings is 4. The summed E-state index contributed by atoms with van der Waals surface area (Å²) >= 11 is 11.3. The molecule has 0 amide bonds. The Balaban J connectivity index is 1.48. The maximum Gasteiger partial charge on any atom is 0.338 e. The second-order valence-electron chi connectivity index (χ2n) is 10.6. The van der Waals surface area contributed by atoms with Crippen molar-refractivity contribution < 1.29 is 23.7 Å². The third-order valence-electron chi connectivity index (χ3n) is 7.84. The molecule has 4 aromatic carbocycles. The fourth-order valence-electron chi connectivity index (χ4n) is 5.64. The molecule has 6 rings (SSSR count). The van der Waals surface area contributed by atoms with Crippen LogP contribution in [-0.4, -0.2) is 31.4 Å². The number of nitrogens with zero attached hydrogens (tertiary/aromatic N) is 2. The van der Waals surface area contributed by atoms with Crippen LogP contribution in [0, 0.1) is 0 Å². The molecule has 0 saturated carbocycles. The quantitative estimate of drug-likeness (QED) is 0.152. The number of allylic oxidation sites excluding steroid dienone is 1. The average Bonchev–Trinajstić information content (AvgIpc) is 3.37. The molecule has 11 heteroatoms. The lowest BCUT2D eigenvalue weighted by molar-refractivity contribution is -0.139. The van der Waals surface area contributed by atoms with Crippen molar-refractivity contribution in [1.29, 1.82) is 0 Å². The SMILES string of the molecule is CCOC(=O)C1=C(C)N=c2s/c(=C\c3cc(Cl)ccc3OCc3cccc4ccccc34)c(=O)n2[C@@H]1c1cc(OC)c(OC)cc1Br. The zero-order valence-electron chi connectivity index (χ0n) is 26.0. The summed E-state index contributed by atoms with van der Waals surface area (Å²) in [5.74, 6) is 0.938. The number of aromatic nitrogens is 1. The van der Waals surface area contributed by atoms with Crippen LogP contribution in [0.5, 0.6) is 17.2 Å². The maximum atomic E-state index is 14.3. The molecule has 0 spiro atoms. The number of ether oxygens (including phenoxy) is 4. The summed E-state index contributed by atoms with van der Waals surface area (Å²) < 4.78 is 25.3. The molecular formula is C36H30BrClN2O6S. The van der Waals surface area contributed by atoms with E-state index in [-0.39, 0.29) is 17.7 Å². The van der Waals surface area contributed by atoms with E-state index in [0.717, 1.165) is 16.3 Å². The Morgan fingerprint density at radius 3 is 2.53 bits per heavy atom. The monoisotopic (exact) mass is 732 g/mol. The third-order valence-corrected chi connectivity index (χ3v) is 9.74. The van der Waals surface area contributed by atoms with Gasteiger partial charge in [-0.1, -0.05) is 81.3 Å². The second-order valence-corrected chi connectivity index (χ2v) is 12.9. The van der Waals surface area contributed by atoms with Gasteiger partial charge >= 0.3 is 5.97 Å². The largest absolute Gasteiger partial charge is 0.493 e. The number of methoxy groups -OCH3 is 2. The summed E-state index contributed by atoms with van der Waals surface area (Å²) in [5.41, 5.74) is 2.63. The molecule has 0 aliphatic carbocycles. The predicted molar refractivity (Wildman–Crippen MR) is 187 cm³/mol. The van der Waals surface area contributed by atoms with Gasteiger partial charge in [0.2, 0.25) is 0 Å². The molecule has 0 unspecified atom stereocenters. The van der Waals surface area contributed by atoms with Gasteiger partial charge in [-0.15, -0.1) is 0 Å². The van der Waals surface area contributed by atoms with Crippen molar-refractivity contribution in [2.75, 3.05) is 20.8 Å². The normalized spacial score (nSPS) is 14.5. The second kappa shape index (κ2) is 13.8. The lowest BCUT2D eigenvalue weighted by Gasteiger charge is -2.26. The Labute approximate surface area is 288 Å². The van der Waals surface area contributed by atoms with E-state index in [9.17, 15) is 9.59 Å². The Bertz CT molecular complexity index is 2240. The van der Waals surface area contributed by atoms with Gasteiger partial charge in [0.25, 0.3) is 5.56 Å². The fourth-order valence-corrected chi connectivity index (χ4v) is 7.40. The molecule has 2 heterocycles. The van der Waals surface area contributed by atoms with E-state index in [1.165, 1.54) is 30.1 Å². The predicted octanol–water partition coefficient (Wildman–Crippen LogP) is 6.96. The first kappa shape index (κ1) is 32.6. The van der Waals surface area contributed by atoms with Gasteiger partial charge in [0.05, 0.1) is 42.7 Å². The Hall–Kier alpha value is -4.38. The summed E-state index contributed by atoms with van der Waals surface area (Å²) in [6.07, 6.45) is 1.75. The van der Waals surface area contributed by atoms with E-state index < -0.39 is 12.0 Å². The minimum atomic E-state index is -0.858. The molecule has 0 fully saturated rings. The minimum absolute atomic E-state index is 0.163. The molecule has 1 aromatic heterocycles. The lowest BCUT2D eigenvalue weighted by atomic mass is 9.95. The van der Waals surface area contributed by atoms with E-state index in [2.05, 4.69) is 34.1 Å². The highest BCUT2D eigenvalue weighted by atomic mass is 79.9. The fraction of sp³-hybridized carbons (Fsp3) is 0.194. The molecule has 0 radical (unpaired) electrons. The van der Waals surface area contributed by atoms with Gasteiger partial charge in [-0.2, -0.15) is 0 Å². The van der Waals surface area contributed by atoms with Crippen molar-refractivity contribution >= 4 is 61.7 Å². The summed E-state index contributed by atoms with van der Waals surface area (Å²) in [6.45, 7) is 3.95. The first-order valence-corrected chi connectivity index (χ1v) is 16.7. The zero-order valence-corrected chi connectivity index (χ0v) is 29.2. The van der Waals surface area contributed by atoms with E-state index in [1.54, 1.807) is 50.3 Å². The van der Waals surface area contributed by atoms with Crippen LogP contribution in [0.2, 0.25) is 5.02 Å². The van der Waals surface area contributed by atoms with Crippen molar-refractivity contribution in [2.24, 2.45) is 4.99 Å². The third kappa shape index (κ3) is 6.33. The van der Waals surface area contributed by atoms with Gasteiger partial charge in [0, 0.05) is 15.1 Å². The van der Waals surface area contributed by atoms with Crippen LogP contribution in [0.25, 0.3) is 16.8 Å². The number of thiazole rings is 1. The molecule has 0 N–H and O–H groups in total. The van der Waals surface area contributed by atoms with E-state index >= 15 is 0 Å². The molecular weight excluding hydrogens is 704 g/mol. The highest BCUT2D eigenvalue weighted by molar-refractivity contribution is 9.10. The van der Waals surface area contributed by atoms with Crippen molar-refractivity contribution in [3.63, 3.8) is 0 Å². The van der Waals surface area contributed by atoms with Crippen LogP contribution in [0.15, 0.2) is 98.3 Å². The summed E-state index contributed by atoms with van der Waals surface area (Å²) in [4.78, 5) is 32.8. The average molecular weight is 734 g/mol. The van der Waals surface area contributed by atoms with Gasteiger partial charge in [-0.3, -0.25) is 9.36 Å². The van der Waals surface area contributed by atoms with Crippen LogP contribution in [0.3, 0.4) is 0 Å². The smallest absolute Gasteiger partial charge is 0.338 e. The van der Waals surface area contributed by atoms with Crippen LogP contribution in [0.4, 0.5) is 0 Å². The van der Waals surface area contributed by atoms with Gasteiger partial charge in [-0.25, -0.2) is 9.79 Å². The van der Waals surface area contributed by atoms with Crippen molar-refractivity contribution in [2.45, 2.75) is 26.5 Å². The number of hydrogen-bond donors (Lipinski definition) is 0. The highest BCUT2D eigenvalue weighted by Gasteiger charge is 2.35. The van der Waals surface area contributed by atoms with E-state index in [1.807, 2.05) is 24.3 Å². The minimum Gasteiger partial charge on any atom is -0.493 e. The maximum absolute atomic E-state index is 14.3. The highest BCUT2D eigenvalue weighted by Crippen LogP contribution is 2.41. The summed E-state index contributed by atoms with van der Waals surface area (Å²) in [7, 11) is 3.07. The summed E-state index contributed by atoms with van der Waals surface area (Å²) in [5, 5.41) is 2.72. The number of hydrogen-bond acceptors (Lipinski definition) is 8.